The minimum atomic E-state index is -0.681. The molecule has 0 aliphatic rings. The van der Waals surface area contributed by atoms with Crippen LogP contribution in [0.25, 0.3) is 0 Å². The van der Waals surface area contributed by atoms with Crippen molar-refractivity contribution in [3.63, 3.8) is 0 Å². The van der Waals surface area contributed by atoms with Gasteiger partial charge in [-0.2, -0.15) is 0 Å². The number of benzene rings is 1. The van der Waals surface area contributed by atoms with Crippen LogP contribution in [-0.2, 0) is 0 Å². The number of nitrogens with zero attached hydrogens (tertiary/aromatic N) is 2. The van der Waals surface area contributed by atoms with Gasteiger partial charge in [0.05, 0.1) is 0 Å². The van der Waals surface area contributed by atoms with Crippen molar-refractivity contribution >= 4 is 46.3 Å². The van der Waals surface area contributed by atoms with Crippen LogP contribution < -0.4 is 16.4 Å². The highest BCUT2D eigenvalue weighted by molar-refractivity contribution is 7.17. The fourth-order valence-electron chi connectivity index (χ4n) is 1.30. The molecule has 2 aromatic rings. The van der Waals surface area contributed by atoms with Gasteiger partial charge in [0.1, 0.15) is 0 Å². The third-order valence-electron chi connectivity index (χ3n) is 1.98. The zero-order valence-electron chi connectivity index (χ0n) is 9.38. The van der Waals surface area contributed by atoms with E-state index in [1.807, 2.05) is 0 Å². The van der Waals surface area contributed by atoms with Crippen molar-refractivity contribution in [2.45, 2.75) is 0 Å². The first-order valence-electron chi connectivity index (χ1n) is 5.01. The molecule has 7 nitrogen and oxygen atoms in total. The molecule has 0 unspecified atom stereocenters. The van der Waals surface area contributed by atoms with E-state index in [9.17, 15) is 9.59 Å². The largest absolute Gasteiger partial charge is 0.351 e. The lowest BCUT2D eigenvalue weighted by Gasteiger charge is -2.06. The second kappa shape index (κ2) is 5.63. The molecule has 2 rings (SSSR count). The molecule has 0 saturated heterocycles. The predicted molar refractivity (Wildman–Crippen MR) is 72.5 cm³/mol. The second-order valence-corrected chi connectivity index (χ2v) is 4.94. The number of hydrogen-bond acceptors (Lipinski definition) is 5. The number of carbonyl (C=O) groups excluding carboxylic acids is 2. The van der Waals surface area contributed by atoms with E-state index in [0.717, 1.165) is 11.3 Å². The Balaban J connectivity index is 2.10. The maximum atomic E-state index is 11.8. The van der Waals surface area contributed by atoms with Gasteiger partial charge in [-0.3, -0.25) is 4.79 Å². The molecule has 1 heterocycles. The van der Waals surface area contributed by atoms with Crippen molar-refractivity contribution in [1.29, 1.82) is 0 Å². The molecule has 98 valence electrons. The molecular weight excluding hydrogens is 290 g/mol. The van der Waals surface area contributed by atoms with Crippen molar-refractivity contribution < 1.29 is 9.59 Å². The van der Waals surface area contributed by atoms with Crippen LogP contribution in [0.4, 0.5) is 16.2 Å². The van der Waals surface area contributed by atoms with Gasteiger partial charge < -0.3 is 16.4 Å². The Hall–Kier alpha value is -2.19. The summed E-state index contributed by atoms with van der Waals surface area (Å²) in [6.07, 6.45) is 0. The van der Waals surface area contributed by atoms with E-state index in [2.05, 4.69) is 20.8 Å². The van der Waals surface area contributed by atoms with Crippen molar-refractivity contribution in [2.24, 2.45) is 5.73 Å². The normalized spacial score (nSPS) is 9.95. The van der Waals surface area contributed by atoms with Crippen LogP contribution >= 0.6 is 22.9 Å². The zero-order chi connectivity index (χ0) is 13.8. The van der Waals surface area contributed by atoms with Crippen LogP contribution in [0, 0.1) is 0 Å². The minimum Gasteiger partial charge on any atom is -0.351 e. The average molecular weight is 298 g/mol. The highest BCUT2D eigenvalue weighted by Gasteiger charge is 2.12. The standard InChI is InChI=1S/C10H8ClN5O2S/c11-9-16-15-8(19-9)7(17)13-5-2-1-3-6(4-5)14-10(12)18/h1-4H,(H,13,17)(H3,12,14,18). The SMILES string of the molecule is NC(=O)Nc1cccc(NC(=O)c2nnc(Cl)s2)c1. The Kier molecular flexibility index (Phi) is 3.93. The molecule has 4 N–H and O–H groups in total. The Bertz CT molecular complexity index is 630. The lowest BCUT2D eigenvalue weighted by Crippen LogP contribution is -2.19. The highest BCUT2D eigenvalue weighted by atomic mass is 35.5. The number of primary amides is 1. The summed E-state index contributed by atoms with van der Waals surface area (Å²) in [5.74, 6) is -0.430. The van der Waals surface area contributed by atoms with Crippen LogP contribution in [0.3, 0.4) is 0 Å². The van der Waals surface area contributed by atoms with Crippen molar-refractivity contribution in [3.05, 3.63) is 33.7 Å². The number of anilines is 2. The number of nitrogens with one attached hydrogen (secondary N) is 2. The lowest BCUT2D eigenvalue weighted by molar-refractivity contribution is 0.102. The number of carbonyl (C=O) groups is 2. The fourth-order valence-corrected chi connectivity index (χ4v) is 2.02. The number of aromatic nitrogens is 2. The van der Waals surface area contributed by atoms with Gasteiger partial charge in [0.15, 0.2) is 0 Å². The third kappa shape index (κ3) is 3.63. The fraction of sp³-hybridized carbons (Fsp3) is 0. The number of hydrogen-bond donors (Lipinski definition) is 3. The highest BCUT2D eigenvalue weighted by Crippen LogP contribution is 2.18. The maximum absolute atomic E-state index is 11.8. The summed E-state index contributed by atoms with van der Waals surface area (Å²) in [5.41, 5.74) is 5.96. The summed E-state index contributed by atoms with van der Waals surface area (Å²) in [7, 11) is 0. The molecule has 0 fully saturated rings. The van der Waals surface area contributed by atoms with Gasteiger partial charge in [-0.25, -0.2) is 4.79 Å². The van der Waals surface area contributed by atoms with Gasteiger partial charge in [0.2, 0.25) is 9.47 Å². The van der Waals surface area contributed by atoms with Crippen molar-refractivity contribution in [2.75, 3.05) is 10.6 Å². The molecule has 0 aliphatic heterocycles. The Morgan fingerprint density at radius 1 is 1.21 bits per heavy atom. The first kappa shape index (κ1) is 13.2. The summed E-state index contributed by atoms with van der Waals surface area (Å²) in [5, 5.41) is 12.3. The molecule has 3 amide bonds. The minimum absolute atomic E-state index is 0.151. The monoisotopic (exact) mass is 297 g/mol. The van der Waals surface area contributed by atoms with E-state index < -0.39 is 11.9 Å². The smallest absolute Gasteiger partial charge is 0.316 e. The summed E-state index contributed by atoms with van der Waals surface area (Å²) < 4.78 is 0.189. The van der Waals surface area contributed by atoms with E-state index in [4.69, 9.17) is 17.3 Å². The summed E-state index contributed by atoms with van der Waals surface area (Å²) >= 11 is 6.56. The van der Waals surface area contributed by atoms with Gasteiger partial charge in [-0.15, -0.1) is 10.2 Å². The molecule has 0 aliphatic carbocycles. The molecule has 19 heavy (non-hydrogen) atoms. The number of nitrogens with two attached hydrogens (primary N) is 1. The maximum Gasteiger partial charge on any atom is 0.316 e. The van der Waals surface area contributed by atoms with E-state index >= 15 is 0 Å². The Morgan fingerprint density at radius 2 is 1.89 bits per heavy atom. The molecular formula is C10H8ClN5O2S. The average Bonchev–Trinajstić information content (AvgIpc) is 2.75. The van der Waals surface area contributed by atoms with E-state index in [0.29, 0.717) is 11.4 Å². The van der Waals surface area contributed by atoms with Crippen molar-refractivity contribution in [3.8, 4) is 0 Å². The van der Waals surface area contributed by atoms with Gasteiger partial charge in [0.25, 0.3) is 5.91 Å². The molecule has 0 atom stereocenters. The topological polar surface area (TPSA) is 110 Å². The second-order valence-electron chi connectivity index (χ2n) is 3.38. The third-order valence-corrected chi connectivity index (χ3v) is 3.00. The predicted octanol–water partition coefficient (Wildman–Crippen LogP) is 1.93. The molecule has 1 aromatic heterocycles. The first-order chi connectivity index (χ1) is 9.04. The molecule has 0 spiro atoms. The summed E-state index contributed by atoms with van der Waals surface area (Å²) in [4.78, 5) is 22.5. The zero-order valence-corrected chi connectivity index (χ0v) is 11.0. The van der Waals surface area contributed by atoms with Crippen LogP contribution in [0.2, 0.25) is 4.47 Å². The van der Waals surface area contributed by atoms with E-state index in [-0.39, 0.29) is 9.47 Å². The van der Waals surface area contributed by atoms with E-state index in [1.165, 1.54) is 0 Å². The first-order valence-corrected chi connectivity index (χ1v) is 6.21. The molecule has 1 aromatic carbocycles. The molecule has 0 bridgehead atoms. The Morgan fingerprint density at radius 3 is 2.47 bits per heavy atom. The number of rotatable bonds is 3. The molecule has 9 heteroatoms. The Labute approximate surface area is 116 Å². The quantitative estimate of drug-likeness (QED) is 0.804. The van der Waals surface area contributed by atoms with Crippen LogP contribution in [0.15, 0.2) is 24.3 Å². The van der Waals surface area contributed by atoms with Gasteiger partial charge in [-0.1, -0.05) is 17.4 Å². The van der Waals surface area contributed by atoms with Gasteiger partial charge in [0, 0.05) is 11.4 Å². The van der Waals surface area contributed by atoms with Gasteiger partial charge in [-0.05, 0) is 29.8 Å². The summed E-state index contributed by atoms with van der Waals surface area (Å²) in [6.45, 7) is 0. The van der Waals surface area contributed by atoms with Crippen molar-refractivity contribution in [1.82, 2.24) is 10.2 Å². The number of amides is 3. The van der Waals surface area contributed by atoms with Gasteiger partial charge >= 0.3 is 6.03 Å². The number of urea groups is 1. The molecule has 0 saturated carbocycles. The molecule has 0 radical (unpaired) electrons. The summed E-state index contributed by atoms with van der Waals surface area (Å²) in [6, 6.07) is 5.84. The van der Waals surface area contributed by atoms with Crippen LogP contribution in [0.1, 0.15) is 9.80 Å². The lowest BCUT2D eigenvalue weighted by atomic mass is 10.2. The van der Waals surface area contributed by atoms with E-state index in [1.54, 1.807) is 24.3 Å². The van der Waals surface area contributed by atoms with Crippen LogP contribution in [0.5, 0.6) is 0 Å². The van der Waals surface area contributed by atoms with Crippen LogP contribution in [-0.4, -0.2) is 22.1 Å². The number of halogens is 1.